The molecule has 2 aromatic carbocycles. The van der Waals surface area contributed by atoms with Crippen LogP contribution in [0.4, 0.5) is 5.69 Å². The number of carbonyl (C=O) groups is 2. The van der Waals surface area contributed by atoms with Gasteiger partial charge in [0.1, 0.15) is 6.54 Å². The number of anilines is 1. The summed E-state index contributed by atoms with van der Waals surface area (Å²) in [5.74, 6) is -0.365. The van der Waals surface area contributed by atoms with Crippen LogP contribution in [0, 0.1) is 0 Å². The Morgan fingerprint density at radius 2 is 1.84 bits per heavy atom. The second kappa shape index (κ2) is 7.46. The predicted molar refractivity (Wildman–Crippen MR) is 100 cm³/mol. The topological polar surface area (TPSA) is 40.6 Å². The zero-order valence-electron chi connectivity index (χ0n) is 13.8. The molecule has 6 heteroatoms. The fourth-order valence-corrected chi connectivity index (χ4v) is 3.39. The molecule has 0 aromatic heterocycles. The monoisotopic (exact) mass is 376 g/mol. The van der Waals surface area contributed by atoms with Gasteiger partial charge in [-0.25, -0.2) is 0 Å². The molecule has 2 amide bonds. The van der Waals surface area contributed by atoms with E-state index in [0.717, 1.165) is 12.0 Å². The summed E-state index contributed by atoms with van der Waals surface area (Å²) >= 11 is 12.2. The largest absolute Gasteiger partial charge is 0.336 e. The number of amides is 2. The molecule has 0 radical (unpaired) electrons. The van der Waals surface area contributed by atoms with E-state index in [2.05, 4.69) is 6.07 Å². The Kier molecular flexibility index (Phi) is 5.30. The van der Waals surface area contributed by atoms with Gasteiger partial charge in [-0.15, -0.1) is 0 Å². The molecule has 0 saturated heterocycles. The van der Waals surface area contributed by atoms with E-state index in [4.69, 9.17) is 23.2 Å². The van der Waals surface area contributed by atoms with Crippen LogP contribution in [0.25, 0.3) is 0 Å². The van der Waals surface area contributed by atoms with Crippen LogP contribution in [0.2, 0.25) is 10.0 Å². The number of nitrogens with zero attached hydrogens (tertiary/aromatic N) is 2. The molecule has 0 unspecified atom stereocenters. The van der Waals surface area contributed by atoms with Crippen molar-refractivity contribution in [3.8, 4) is 0 Å². The van der Waals surface area contributed by atoms with Gasteiger partial charge in [-0.1, -0.05) is 47.5 Å². The molecular weight excluding hydrogens is 359 g/mol. The third kappa shape index (κ3) is 3.97. The van der Waals surface area contributed by atoms with Crippen molar-refractivity contribution >= 4 is 40.7 Å². The minimum Gasteiger partial charge on any atom is -0.336 e. The highest BCUT2D eigenvalue weighted by atomic mass is 35.5. The van der Waals surface area contributed by atoms with E-state index in [1.54, 1.807) is 23.1 Å². The summed E-state index contributed by atoms with van der Waals surface area (Å²) in [6.45, 7) is 2.56. The molecule has 0 N–H and O–H groups in total. The Morgan fingerprint density at radius 1 is 1.12 bits per heavy atom. The van der Waals surface area contributed by atoms with Crippen LogP contribution in [-0.2, 0) is 22.6 Å². The highest BCUT2D eigenvalue weighted by molar-refractivity contribution is 6.35. The number of carbonyl (C=O) groups excluding carboxylic acids is 2. The molecule has 2 aromatic rings. The van der Waals surface area contributed by atoms with Gasteiger partial charge in [0.05, 0.1) is 10.7 Å². The summed E-state index contributed by atoms with van der Waals surface area (Å²) in [6.07, 6.45) is 0.819. The maximum Gasteiger partial charge on any atom is 0.242 e. The molecule has 0 atom stereocenters. The Balaban J connectivity index is 1.78. The molecule has 0 bridgehead atoms. The molecule has 0 saturated carbocycles. The Labute approximate surface area is 156 Å². The molecule has 0 aliphatic carbocycles. The zero-order valence-corrected chi connectivity index (χ0v) is 15.3. The first kappa shape index (κ1) is 17.8. The molecule has 3 rings (SSSR count). The Morgan fingerprint density at radius 3 is 2.56 bits per heavy atom. The molecule has 0 spiro atoms. The summed E-state index contributed by atoms with van der Waals surface area (Å²) < 4.78 is 0. The lowest BCUT2D eigenvalue weighted by Gasteiger charge is -2.31. The van der Waals surface area contributed by atoms with Gasteiger partial charge >= 0.3 is 0 Å². The number of hydrogen-bond donors (Lipinski definition) is 0. The minimum atomic E-state index is -0.255. The molecule has 1 aliphatic heterocycles. The molecule has 130 valence electrons. The van der Waals surface area contributed by atoms with Crippen LogP contribution in [0.5, 0.6) is 0 Å². The lowest BCUT2D eigenvalue weighted by Crippen LogP contribution is -2.44. The van der Waals surface area contributed by atoms with Gasteiger partial charge in [-0.05, 0) is 35.7 Å². The highest BCUT2D eigenvalue weighted by Gasteiger charge is 2.25. The highest BCUT2D eigenvalue weighted by Crippen LogP contribution is 2.29. The molecule has 0 fully saturated rings. The SMILES string of the molecule is CC(=O)N(CC(=O)N1CCc2ccccc2C1)c1cc(Cl)ccc1Cl. The lowest BCUT2D eigenvalue weighted by atomic mass is 10.00. The van der Waals surface area contributed by atoms with Gasteiger partial charge in [-0.2, -0.15) is 0 Å². The average Bonchev–Trinajstić information content (AvgIpc) is 2.61. The van der Waals surface area contributed by atoms with Crippen LogP contribution in [0.1, 0.15) is 18.1 Å². The smallest absolute Gasteiger partial charge is 0.242 e. The van der Waals surface area contributed by atoms with Gasteiger partial charge in [0, 0.05) is 25.0 Å². The van der Waals surface area contributed by atoms with E-state index in [0.29, 0.717) is 28.8 Å². The Hall–Kier alpha value is -2.04. The third-order valence-corrected chi connectivity index (χ3v) is 4.91. The van der Waals surface area contributed by atoms with Crippen molar-refractivity contribution in [3.05, 3.63) is 63.6 Å². The quantitative estimate of drug-likeness (QED) is 0.813. The van der Waals surface area contributed by atoms with Crippen LogP contribution in [0.15, 0.2) is 42.5 Å². The first-order valence-corrected chi connectivity index (χ1v) is 8.79. The van der Waals surface area contributed by atoms with E-state index in [1.165, 1.54) is 17.4 Å². The molecule has 4 nitrogen and oxygen atoms in total. The van der Waals surface area contributed by atoms with E-state index in [-0.39, 0.29) is 18.4 Å². The van der Waals surface area contributed by atoms with Crippen molar-refractivity contribution < 1.29 is 9.59 Å². The maximum absolute atomic E-state index is 12.7. The van der Waals surface area contributed by atoms with Crippen molar-refractivity contribution in [2.24, 2.45) is 0 Å². The van der Waals surface area contributed by atoms with Gasteiger partial charge < -0.3 is 9.80 Å². The molecule has 25 heavy (non-hydrogen) atoms. The van der Waals surface area contributed by atoms with Crippen LogP contribution < -0.4 is 4.90 Å². The van der Waals surface area contributed by atoms with Crippen molar-refractivity contribution in [3.63, 3.8) is 0 Å². The van der Waals surface area contributed by atoms with Gasteiger partial charge in [0.25, 0.3) is 0 Å². The standard InChI is InChI=1S/C19H18Cl2N2O2/c1-13(24)23(18-10-16(20)6-7-17(18)21)12-19(25)22-9-8-14-4-2-3-5-15(14)11-22/h2-7,10H,8-9,11-12H2,1H3. The maximum atomic E-state index is 12.7. The normalized spacial score (nSPS) is 13.3. The summed E-state index contributed by atoms with van der Waals surface area (Å²) in [6, 6.07) is 13.0. The summed E-state index contributed by atoms with van der Waals surface area (Å²) in [5.41, 5.74) is 2.87. The zero-order chi connectivity index (χ0) is 18.0. The molecule has 1 aliphatic rings. The molecule has 1 heterocycles. The molecular formula is C19H18Cl2N2O2. The third-order valence-electron chi connectivity index (χ3n) is 4.36. The second-order valence-electron chi connectivity index (χ2n) is 6.03. The number of halogens is 2. The van der Waals surface area contributed by atoms with Gasteiger partial charge in [0.15, 0.2) is 0 Å². The van der Waals surface area contributed by atoms with E-state index < -0.39 is 0 Å². The first-order valence-electron chi connectivity index (χ1n) is 8.03. The van der Waals surface area contributed by atoms with Gasteiger partial charge in [-0.3, -0.25) is 9.59 Å². The number of rotatable bonds is 3. The number of hydrogen-bond acceptors (Lipinski definition) is 2. The van der Waals surface area contributed by atoms with Crippen molar-refractivity contribution in [1.82, 2.24) is 4.90 Å². The van der Waals surface area contributed by atoms with E-state index in [9.17, 15) is 9.59 Å². The van der Waals surface area contributed by atoms with Crippen LogP contribution in [-0.4, -0.2) is 29.8 Å². The Bertz CT molecular complexity index is 823. The fourth-order valence-electron chi connectivity index (χ4n) is 3.00. The predicted octanol–water partition coefficient (Wildman–Crippen LogP) is 3.93. The van der Waals surface area contributed by atoms with Crippen molar-refractivity contribution in [2.75, 3.05) is 18.0 Å². The second-order valence-corrected chi connectivity index (χ2v) is 6.88. The lowest BCUT2D eigenvalue weighted by molar-refractivity contribution is -0.132. The average molecular weight is 377 g/mol. The van der Waals surface area contributed by atoms with E-state index in [1.807, 2.05) is 18.2 Å². The number of benzene rings is 2. The van der Waals surface area contributed by atoms with Crippen LogP contribution in [0.3, 0.4) is 0 Å². The van der Waals surface area contributed by atoms with Crippen LogP contribution >= 0.6 is 23.2 Å². The van der Waals surface area contributed by atoms with Gasteiger partial charge in [0.2, 0.25) is 11.8 Å². The fraction of sp³-hybridized carbons (Fsp3) is 0.263. The summed E-state index contributed by atoms with van der Waals surface area (Å²) in [7, 11) is 0. The summed E-state index contributed by atoms with van der Waals surface area (Å²) in [4.78, 5) is 28.0. The minimum absolute atomic E-state index is 0.0580. The van der Waals surface area contributed by atoms with E-state index >= 15 is 0 Å². The summed E-state index contributed by atoms with van der Waals surface area (Å²) in [5, 5.41) is 0.849. The number of fused-ring (bicyclic) bond motifs is 1. The van der Waals surface area contributed by atoms with Crippen molar-refractivity contribution in [2.45, 2.75) is 19.9 Å². The van der Waals surface area contributed by atoms with Crippen molar-refractivity contribution in [1.29, 1.82) is 0 Å². The first-order chi connectivity index (χ1) is 12.0.